The van der Waals surface area contributed by atoms with Crippen molar-refractivity contribution in [3.8, 4) is 17.2 Å². The number of primary amides is 1. The number of phenols is 1. The quantitative estimate of drug-likeness (QED) is 0.788. The van der Waals surface area contributed by atoms with E-state index in [1.54, 1.807) is 0 Å². The Bertz CT molecular complexity index is 418. The molecule has 0 bridgehead atoms. The van der Waals surface area contributed by atoms with Crippen LogP contribution in [0.4, 0.5) is 0 Å². The lowest BCUT2D eigenvalue weighted by molar-refractivity contribution is 0.0993. The Balaban J connectivity index is 2.72. The molecule has 0 fully saturated rings. The largest absolute Gasteiger partial charge is 0.506 e. The Morgan fingerprint density at radius 1 is 1.57 bits per heavy atom. The third-order valence-corrected chi connectivity index (χ3v) is 2.44. The van der Waals surface area contributed by atoms with Crippen LogP contribution in [0.15, 0.2) is 10.5 Å². The van der Waals surface area contributed by atoms with E-state index in [1.165, 1.54) is 6.07 Å². The predicted octanol–water partition coefficient (Wildman–Crippen LogP) is 0.982. The number of hydrogen-bond acceptors (Lipinski definition) is 4. The van der Waals surface area contributed by atoms with Crippen molar-refractivity contribution in [2.75, 3.05) is 6.79 Å². The van der Waals surface area contributed by atoms with E-state index in [1.807, 2.05) is 0 Å². The van der Waals surface area contributed by atoms with Gasteiger partial charge in [-0.2, -0.15) is 0 Å². The van der Waals surface area contributed by atoms with Crippen LogP contribution in [0.5, 0.6) is 17.2 Å². The summed E-state index contributed by atoms with van der Waals surface area (Å²) in [5.74, 6) is -0.408. The molecule has 0 saturated carbocycles. The molecule has 14 heavy (non-hydrogen) atoms. The molecule has 6 heteroatoms. The van der Waals surface area contributed by atoms with Gasteiger partial charge in [-0.25, -0.2) is 0 Å². The number of ether oxygens (including phenoxy) is 2. The lowest BCUT2D eigenvalue weighted by Crippen LogP contribution is -2.12. The van der Waals surface area contributed by atoms with Gasteiger partial charge >= 0.3 is 0 Å². The van der Waals surface area contributed by atoms with Crippen LogP contribution in [0.1, 0.15) is 10.4 Å². The number of carbonyl (C=O) groups excluding carboxylic acids is 1. The van der Waals surface area contributed by atoms with Crippen LogP contribution in [0.3, 0.4) is 0 Å². The van der Waals surface area contributed by atoms with Gasteiger partial charge in [-0.05, 0) is 15.9 Å². The van der Waals surface area contributed by atoms with Crippen molar-refractivity contribution < 1.29 is 19.4 Å². The minimum Gasteiger partial charge on any atom is -0.506 e. The maximum absolute atomic E-state index is 11.0. The number of amides is 1. The number of carbonyl (C=O) groups is 1. The highest BCUT2D eigenvalue weighted by Gasteiger charge is 2.26. The van der Waals surface area contributed by atoms with Gasteiger partial charge in [-0.3, -0.25) is 4.79 Å². The molecular weight excluding hydrogens is 254 g/mol. The van der Waals surface area contributed by atoms with Crippen LogP contribution in [-0.4, -0.2) is 17.8 Å². The average molecular weight is 260 g/mol. The number of rotatable bonds is 1. The number of halogens is 1. The highest BCUT2D eigenvalue weighted by molar-refractivity contribution is 9.10. The zero-order chi connectivity index (χ0) is 10.3. The van der Waals surface area contributed by atoms with E-state index in [0.29, 0.717) is 10.2 Å². The van der Waals surface area contributed by atoms with Crippen molar-refractivity contribution in [2.45, 2.75) is 0 Å². The summed E-state index contributed by atoms with van der Waals surface area (Å²) in [6.07, 6.45) is 0. The Hall–Kier alpha value is -1.43. The van der Waals surface area contributed by atoms with Gasteiger partial charge in [0, 0.05) is 6.07 Å². The van der Waals surface area contributed by atoms with Gasteiger partial charge in [-0.1, -0.05) is 0 Å². The number of nitrogens with two attached hydrogens (primary N) is 1. The summed E-state index contributed by atoms with van der Waals surface area (Å²) < 4.78 is 10.4. The van der Waals surface area contributed by atoms with Crippen LogP contribution in [0, 0.1) is 0 Å². The molecule has 1 aliphatic rings. The molecule has 0 atom stereocenters. The first-order valence-electron chi connectivity index (χ1n) is 3.72. The molecule has 1 heterocycles. The van der Waals surface area contributed by atoms with Crippen LogP contribution in [0.25, 0.3) is 0 Å². The Morgan fingerprint density at radius 3 is 2.93 bits per heavy atom. The summed E-state index contributed by atoms with van der Waals surface area (Å²) in [5.41, 5.74) is 5.04. The maximum atomic E-state index is 11.0. The predicted molar refractivity (Wildman–Crippen MR) is 50.4 cm³/mol. The van der Waals surface area contributed by atoms with Gasteiger partial charge in [0.15, 0.2) is 11.5 Å². The minimum atomic E-state index is -0.759. The summed E-state index contributed by atoms with van der Waals surface area (Å²) in [5, 5.41) is 9.55. The molecule has 74 valence electrons. The monoisotopic (exact) mass is 259 g/mol. The Labute approximate surface area is 87.5 Å². The normalized spacial score (nSPS) is 12.9. The highest BCUT2D eigenvalue weighted by atomic mass is 79.9. The molecule has 5 nitrogen and oxygen atoms in total. The van der Waals surface area contributed by atoms with Crippen molar-refractivity contribution in [1.29, 1.82) is 0 Å². The molecule has 3 N–H and O–H groups in total. The molecule has 1 aromatic rings. The zero-order valence-electron chi connectivity index (χ0n) is 6.91. The van der Waals surface area contributed by atoms with Crippen LogP contribution >= 0.6 is 15.9 Å². The van der Waals surface area contributed by atoms with Crippen molar-refractivity contribution in [3.05, 3.63) is 16.1 Å². The molecule has 0 saturated heterocycles. The summed E-state index contributed by atoms with van der Waals surface area (Å²) in [4.78, 5) is 11.0. The third-order valence-electron chi connectivity index (χ3n) is 1.84. The van der Waals surface area contributed by atoms with Crippen molar-refractivity contribution in [3.63, 3.8) is 0 Å². The molecular formula is C8H6BrNO4. The number of fused-ring (bicyclic) bond motifs is 1. The van der Waals surface area contributed by atoms with Gasteiger partial charge in [0.25, 0.3) is 5.91 Å². The molecule has 0 aromatic heterocycles. The van der Waals surface area contributed by atoms with Crippen LogP contribution in [0.2, 0.25) is 0 Å². The average Bonchev–Trinajstić information content (AvgIpc) is 2.52. The second-order valence-corrected chi connectivity index (χ2v) is 3.53. The van der Waals surface area contributed by atoms with Gasteiger partial charge < -0.3 is 20.3 Å². The van der Waals surface area contributed by atoms with Crippen LogP contribution < -0.4 is 15.2 Å². The van der Waals surface area contributed by atoms with Crippen molar-refractivity contribution in [2.24, 2.45) is 5.73 Å². The number of aromatic hydroxyl groups is 1. The minimum absolute atomic E-state index is 0.0194. The molecule has 0 spiro atoms. The molecule has 1 aromatic carbocycles. The summed E-state index contributed by atoms with van der Waals surface area (Å²) in [6.45, 7) is 0.0194. The topological polar surface area (TPSA) is 81.8 Å². The summed E-state index contributed by atoms with van der Waals surface area (Å²) in [7, 11) is 0. The molecule has 1 aliphatic heterocycles. The molecule has 0 aliphatic carbocycles. The van der Waals surface area contributed by atoms with Gasteiger partial charge in [0.05, 0.1) is 4.47 Å². The van der Waals surface area contributed by atoms with E-state index < -0.39 is 5.91 Å². The first kappa shape index (κ1) is 9.14. The summed E-state index contributed by atoms with van der Waals surface area (Å²) >= 11 is 3.07. The van der Waals surface area contributed by atoms with E-state index in [2.05, 4.69) is 15.9 Å². The zero-order valence-corrected chi connectivity index (χ0v) is 8.50. The fourth-order valence-corrected chi connectivity index (χ4v) is 1.64. The van der Waals surface area contributed by atoms with Gasteiger partial charge in [-0.15, -0.1) is 0 Å². The maximum Gasteiger partial charge on any atom is 0.256 e. The van der Waals surface area contributed by atoms with Crippen LogP contribution in [-0.2, 0) is 0 Å². The van der Waals surface area contributed by atoms with Gasteiger partial charge in [0.2, 0.25) is 6.79 Å². The van der Waals surface area contributed by atoms with Gasteiger partial charge in [0.1, 0.15) is 11.3 Å². The Kier molecular flexibility index (Phi) is 1.99. The van der Waals surface area contributed by atoms with Crippen molar-refractivity contribution in [1.82, 2.24) is 0 Å². The number of benzene rings is 1. The first-order chi connectivity index (χ1) is 6.61. The van der Waals surface area contributed by atoms with E-state index in [9.17, 15) is 9.90 Å². The molecule has 0 radical (unpaired) electrons. The number of hydrogen-bond donors (Lipinski definition) is 2. The smallest absolute Gasteiger partial charge is 0.256 e. The van der Waals surface area contributed by atoms with E-state index >= 15 is 0 Å². The fraction of sp³-hybridized carbons (Fsp3) is 0.125. The molecule has 0 unspecified atom stereocenters. The second kappa shape index (κ2) is 3.06. The Morgan fingerprint density at radius 2 is 2.29 bits per heavy atom. The highest BCUT2D eigenvalue weighted by Crippen LogP contribution is 2.44. The second-order valence-electron chi connectivity index (χ2n) is 2.68. The molecule has 2 rings (SSSR count). The lowest BCUT2D eigenvalue weighted by atomic mass is 10.1. The van der Waals surface area contributed by atoms with Crippen molar-refractivity contribution >= 4 is 21.8 Å². The standard InChI is InChI=1S/C8H6BrNO4/c9-3-1-4-7(14-2-13-4)5(6(3)11)8(10)12/h1,11H,2H2,(H2,10,12). The third kappa shape index (κ3) is 1.19. The fourth-order valence-electron chi connectivity index (χ4n) is 1.23. The van der Waals surface area contributed by atoms with E-state index in [0.717, 1.165) is 0 Å². The first-order valence-corrected chi connectivity index (χ1v) is 4.51. The van der Waals surface area contributed by atoms with E-state index in [-0.39, 0.29) is 23.9 Å². The van der Waals surface area contributed by atoms with E-state index in [4.69, 9.17) is 15.2 Å². The lowest BCUT2D eigenvalue weighted by Gasteiger charge is -2.06. The summed E-state index contributed by atoms with van der Waals surface area (Å²) in [6, 6.07) is 1.52. The SMILES string of the molecule is NC(=O)c1c(O)c(Br)cc2c1OCO2. The molecule has 1 amide bonds.